The Kier molecular flexibility index (Phi) is 6.93. The van der Waals surface area contributed by atoms with Crippen LogP contribution in [0.3, 0.4) is 0 Å². The molecule has 1 fully saturated rings. The van der Waals surface area contributed by atoms with Gasteiger partial charge in [0.2, 0.25) is 5.95 Å². The minimum atomic E-state index is -0.773. The second-order valence-electron chi connectivity index (χ2n) is 8.30. The van der Waals surface area contributed by atoms with Crippen molar-refractivity contribution in [2.24, 2.45) is 5.92 Å². The van der Waals surface area contributed by atoms with Gasteiger partial charge in [-0.25, -0.2) is 14.2 Å². The molecule has 1 amide bonds. The third-order valence-electron chi connectivity index (χ3n) is 4.77. The Morgan fingerprint density at radius 1 is 1.23 bits per heavy atom. The summed E-state index contributed by atoms with van der Waals surface area (Å²) in [7, 11) is 0. The van der Waals surface area contributed by atoms with Crippen LogP contribution >= 0.6 is 11.6 Å². The summed E-state index contributed by atoms with van der Waals surface area (Å²) in [6, 6.07) is 5.30. The van der Waals surface area contributed by atoms with Crippen molar-refractivity contribution in [2.75, 3.05) is 24.7 Å². The van der Waals surface area contributed by atoms with Crippen LogP contribution in [-0.4, -0.2) is 36.4 Å². The largest absolute Gasteiger partial charge is 0.443 e. The molecule has 162 valence electrons. The van der Waals surface area contributed by atoms with Gasteiger partial charge in [0, 0.05) is 48.8 Å². The number of benzene rings is 1. The summed E-state index contributed by atoms with van der Waals surface area (Å²) in [5.41, 5.74) is 0.00396. The zero-order valence-corrected chi connectivity index (χ0v) is 18.0. The molecule has 1 aliphatic heterocycles. The Morgan fingerprint density at radius 3 is 2.60 bits per heavy atom. The molecule has 1 aliphatic rings. The van der Waals surface area contributed by atoms with Gasteiger partial charge in [-0.3, -0.25) is 4.90 Å². The molecule has 2 aromatic rings. The van der Waals surface area contributed by atoms with Crippen molar-refractivity contribution in [3.63, 3.8) is 0 Å². The Labute approximate surface area is 179 Å². The van der Waals surface area contributed by atoms with Gasteiger partial charge >= 0.3 is 6.09 Å². The molecule has 2 heterocycles. The van der Waals surface area contributed by atoms with Gasteiger partial charge in [0.05, 0.1) is 5.02 Å². The smallest absolute Gasteiger partial charge is 0.414 e. The van der Waals surface area contributed by atoms with Crippen LogP contribution in [0.1, 0.15) is 33.6 Å². The molecule has 0 aliphatic carbocycles. The lowest BCUT2D eigenvalue weighted by atomic mass is 9.99. The standard InChI is InChI=1S/C22H25ClF2N2O3/c1-22(2,3)30-21(28)27(13-14-6-8-29-9-7-14)15-4-5-19(24)17(10-15)16-11-20(25)26-12-18(16)23/h4-5,10-12,14H,6-9,13H2,1-3H3. The van der Waals surface area contributed by atoms with Crippen LogP contribution in [-0.2, 0) is 9.47 Å². The highest BCUT2D eigenvalue weighted by Crippen LogP contribution is 2.34. The fraction of sp³-hybridized carbons (Fsp3) is 0.455. The highest BCUT2D eigenvalue weighted by Gasteiger charge is 2.28. The Hall–Kier alpha value is -2.25. The molecular weight excluding hydrogens is 414 g/mol. The van der Waals surface area contributed by atoms with Crippen molar-refractivity contribution in [1.82, 2.24) is 4.98 Å². The van der Waals surface area contributed by atoms with Crippen LogP contribution in [0.15, 0.2) is 30.5 Å². The molecule has 30 heavy (non-hydrogen) atoms. The first kappa shape index (κ1) is 22.4. The summed E-state index contributed by atoms with van der Waals surface area (Å²) in [5.74, 6) is -1.13. The van der Waals surface area contributed by atoms with Crippen molar-refractivity contribution in [3.05, 3.63) is 47.2 Å². The maximum absolute atomic E-state index is 14.6. The zero-order chi connectivity index (χ0) is 21.9. The fourth-order valence-corrected chi connectivity index (χ4v) is 3.50. The molecule has 0 saturated carbocycles. The molecule has 3 rings (SSSR count). The van der Waals surface area contributed by atoms with E-state index in [0.717, 1.165) is 25.1 Å². The first-order valence-corrected chi connectivity index (χ1v) is 10.2. The first-order valence-electron chi connectivity index (χ1n) is 9.83. The predicted molar refractivity (Wildman–Crippen MR) is 112 cm³/mol. The van der Waals surface area contributed by atoms with E-state index in [4.69, 9.17) is 21.1 Å². The zero-order valence-electron chi connectivity index (χ0n) is 17.3. The summed E-state index contributed by atoms with van der Waals surface area (Å²) < 4.78 is 39.3. The van der Waals surface area contributed by atoms with Crippen LogP contribution in [0.2, 0.25) is 5.02 Å². The van der Waals surface area contributed by atoms with Crippen molar-refractivity contribution in [3.8, 4) is 11.1 Å². The van der Waals surface area contributed by atoms with Gasteiger partial charge in [0.15, 0.2) is 0 Å². The number of pyridine rings is 1. The minimum Gasteiger partial charge on any atom is -0.443 e. The molecule has 0 unspecified atom stereocenters. The van der Waals surface area contributed by atoms with E-state index in [1.807, 2.05) is 0 Å². The van der Waals surface area contributed by atoms with Gasteiger partial charge in [-0.15, -0.1) is 0 Å². The van der Waals surface area contributed by atoms with Gasteiger partial charge in [0.25, 0.3) is 0 Å². The van der Waals surface area contributed by atoms with Crippen molar-refractivity contribution < 1.29 is 23.0 Å². The highest BCUT2D eigenvalue weighted by atomic mass is 35.5. The van der Waals surface area contributed by atoms with Gasteiger partial charge in [-0.05, 0) is 57.7 Å². The van der Waals surface area contributed by atoms with Crippen molar-refractivity contribution in [2.45, 2.75) is 39.2 Å². The molecule has 0 bridgehead atoms. The molecule has 0 N–H and O–H groups in total. The lowest BCUT2D eigenvalue weighted by Crippen LogP contribution is -2.40. The second kappa shape index (κ2) is 9.27. The Balaban J connectivity index is 1.99. The number of nitrogens with zero attached hydrogens (tertiary/aromatic N) is 2. The van der Waals surface area contributed by atoms with E-state index >= 15 is 0 Å². The molecule has 0 atom stereocenters. The monoisotopic (exact) mass is 438 g/mol. The van der Waals surface area contributed by atoms with Gasteiger partial charge in [-0.1, -0.05) is 11.6 Å². The maximum atomic E-state index is 14.6. The number of amides is 1. The van der Waals surface area contributed by atoms with E-state index in [2.05, 4.69) is 4.98 Å². The van der Waals surface area contributed by atoms with E-state index in [-0.39, 0.29) is 22.1 Å². The minimum absolute atomic E-state index is 0.0827. The number of anilines is 1. The molecule has 0 radical (unpaired) electrons. The predicted octanol–water partition coefficient (Wildman–Crippen LogP) is 5.85. The molecule has 1 saturated heterocycles. The SMILES string of the molecule is CC(C)(C)OC(=O)N(CC1CCOCC1)c1ccc(F)c(-c2cc(F)ncc2Cl)c1. The van der Waals surface area contributed by atoms with Crippen LogP contribution in [0.4, 0.5) is 19.3 Å². The second-order valence-corrected chi connectivity index (χ2v) is 8.70. The van der Waals surface area contributed by atoms with E-state index in [1.54, 1.807) is 20.8 Å². The Morgan fingerprint density at radius 2 is 1.93 bits per heavy atom. The van der Waals surface area contributed by atoms with E-state index < -0.39 is 23.5 Å². The number of hydrogen-bond acceptors (Lipinski definition) is 4. The summed E-state index contributed by atoms with van der Waals surface area (Å²) in [6.45, 7) is 7.02. The number of rotatable bonds is 4. The van der Waals surface area contributed by atoms with Crippen LogP contribution in [0, 0.1) is 17.7 Å². The molecular formula is C22H25ClF2N2O3. The highest BCUT2D eigenvalue weighted by molar-refractivity contribution is 6.33. The van der Waals surface area contributed by atoms with Gasteiger partial charge in [-0.2, -0.15) is 4.39 Å². The quantitative estimate of drug-likeness (QED) is 0.562. The number of halogens is 3. The summed E-state index contributed by atoms with van der Waals surface area (Å²) in [6.07, 6.45) is 2.23. The first-order chi connectivity index (χ1) is 14.1. The third kappa shape index (κ3) is 5.67. The summed E-state index contributed by atoms with van der Waals surface area (Å²) >= 11 is 6.12. The molecule has 0 spiro atoms. The van der Waals surface area contributed by atoms with E-state index in [1.165, 1.54) is 23.1 Å². The average Bonchev–Trinajstić information content (AvgIpc) is 2.68. The number of carbonyl (C=O) groups is 1. The molecule has 1 aromatic heterocycles. The average molecular weight is 439 g/mol. The number of ether oxygens (including phenoxy) is 2. The molecule has 5 nitrogen and oxygen atoms in total. The molecule has 8 heteroatoms. The van der Waals surface area contributed by atoms with Crippen LogP contribution < -0.4 is 4.90 Å². The fourth-order valence-electron chi connectivity index (χ4n) is 3.30. The summed E-state index contributed by atoms with van der Waals surface area (Å²) in [5, 5.41) is 0.112. The summed E-state index contributed by atoms with van der Waals surface area (Å²) in [4.78, 5) is 17.9. The van der Waals surface area contributed by atoms with Gasteiger partial charge < -0.3 is 9.47 Å². The maximum Gasteiger partial charge on any atom is 0.414 e. The topological polar surface area (TPSA) is 51.7 Å². The van der Waals surface area contributed by atoms with E-state index in [9.17, 15) is 13.6 Å². The van der Waals surface area contributed by atoms with Crippen LogP contribution in [0.5, 0.6) is 0 Å². The lowest BCUT2D eigenvalue weighted by molar-refractivity contribution is 0.0515. The van der Waals surface area contributed by atoms with Gasteiger partial charge in [0.1, 0.15) is 11.4 Å². The van der Waals surface area contributed by atoms with E-state index in [0.29, 0.717) is 25.4 Å². The normalized spacial score (nSPS) is 15.1. The molecule has 1 aromatic carbocycles. The lowest BCUT2D eigenvalue weighted by Gasteiger charge is -2.32. The van der Waals surface area contributed by atoms with Crippen molar-refractivity contribution in [1.29, 1.82) is 0 Å². The number of aromatic nitrogens is 1. The number of carbonyl (C=O) groups excluding carboxylic acids is 1. The van der Waals surface area contributed by atoms with Crippen molar-refractivity contribution >= 4 is 23.4 Å². The van der Waals surface area contributed by atoms with Crippen LogP contribution in [0.25, 0.3) is 11.1 Å². The third-order valence-corrected chi connectivity index (χ3v) is 5.07. The Bertz CT molecular complexity index is 912. The number of hydrogen-bond donors (Lipinski definition) is 0.